The summed E-state index contributed by atoms with van der Waals surface area (Å²) < 4.78 is 2.10. The molecule has 0 spiro atoms. The van der Waals surface area contributed by atoms with Gasteiger partial charge in [0.1, 0.15) is 5.82 Å². The first-order chi connectivity index (χ1) is 16.6. The van der Waals surface area contributed by atoms with E-state index < -0.39 is 11.3 Å². The van der Waals surface area contributed by atoms with Crippen molar-refractivity contribution in [3.63, 3.8) is 0 Å². The number of thioether (sulfide) groups is 1. The van der Waals surface area contributed by atoms with Crippen molar-refractivity contribution >= 4 is 35.0 Å². The lowest BCUT2D eigenvalue weighted by atomic mass is 9.96. The van der Waals surface area contributed by atoms with Gasteiger partial charge in [-0.25, -0.2) is 4.79 Å². The van der Waals surface area contributed by atoms with E-state index in [9.17, 15) is 9.59 Å². The summed E-state index contributed by atoms with van der Waals surface area (Å²) >= 11 is 3.03. The molecule has 0 radical (unpaired) electrons. The van der Waals surface area contributed by atoms with Crippen LogP contribution in [0.5, 0.6) is 0 Å². The highest BCUT2D eigenvalue weighted by Gasteiger charge is 2.23. The average molecular weight is 498 g/mol. The van der Waals surface area contributed by atoms with Gasteiger partial charge in [-0.05, 0) is 43.2 Å². The van der Waals surface area contributed by atoms with Gasteiger partial charge in [-0.1, -0.05) is 67.4 Å². The molecule has 34 heavy (non-hydrogen) atoms. The fourth-order valence-electron chi connectivity index (χ4n) is 4.11. The molecule has 180 valence electrons. The van der Waals surface area contributed by atoms with Gasteiger partial charge in [-0.2, -0.15) is 0 Å². The number of benzene rings is 1. The molecule has 1 saturated carbocycles. The largest absolute Gasteiger partial charge is 0.335 e. The molecule has 1 aromatic carbocycles. The molecule has 0 saturated heterocycles. The number of carbonyl (C=O) groups excluding carboxylic acids is 2. The third kappa shape index (κ3) is 6.93. The Hall–Kier alpha value is -2.65. The Kier molecular flexibility index (Phi) is 8.76. The van der Waals surface area contributed by atoms with Crippen molar-refractivity contribution in [2.24, 2.45) is 0 Å². The molecule has 2 heterocycles. The van der Waals surface area contributed by atoms with Crippen LogP contribution in [0.1, 0.15) is 55.3 Å². The van der Waals surface area contributed by atoms with Crippen LogP contribution in [0.25, 0.3) is 0 Å². The molecule has 1 unspecified atom stereocenters. The summed E-state index contributed by atoms with van der Waals surface area (Å²) in [6.07, 6.45) is 6.95. The van der Waals surface area contributed by atoms with Crippen LogP contribution in [0.4, 0.5) is 4.79 Å². The SMILES string of the molecule is CC(Sc1nnc(Cc2cccs2)n1CCc1ccccc1)C(=O)NC(=O)NC1CCCCC1. The van der Waals surface area contributed by atoms with Gasteiger partial charge < -0.3 is 9.88 Å². The average Bonchev–Trinajstić information content (AvgIpc) is 3.49. The number of nitrogens with zero attached hydrogens (tertiary/aromatic N) is 3. The van der Waals surface area contributed by atoms with E-state index in [1.165, 1.54) is 28.6 Å². The zero-order chi connectivity index (χ0) is 23.8. The van der Waals surface area contributed by atoms with Crippen molar-refractivity contribution in [2.75, 3.05) is 0 Å². The molecule has 3 amide bonds. The first kappa shape index (κ1) is 24.5. The summed E-state index contributed by atoms with van der Waals surface area (Å²) in [7, 11) is 0. The second kappa shape index (κ2) is 12.2. The van der Waals surface area contributed by atoms with E-state index in [1.807, 2.05) is 24.3 Å². The smallest absolute Gasteiger partial charge is 0.321 e. The van der Waals surface area contributed by atoms with Crippen LogP contribution in [0.15, 0.2) is 53.0 Å². The van der Waals surface area contributed by atoms with E-state index in [2.05, 4.69) is 49.0 Å². The highest BCUT2D eigenvalue weighted by molar-refractivity contribution is 8.00. The molecule has 0 aliphatic heterocycles. The number of hydrogen-bond donors (Lipinski definition) is 2. The maximum absolute atomic E-state index is 12.7. The lowest BCUT2D eigenvalue weighted by molar-refractivity contribution is -0.119. The van der Waals surface area contributed by atoms with Gasteiger partial charge in [0.05, 0.1) is 5.25 Å². The molecule has 4 rings (SSSR count). The van der Waals surface area contributed by atoms with E-state index >= 15 is 0 Å². The zero-order valence-electron chi connectivity index (χ0n) is 19.4. The number of thiophene rings is 1. The normalized spacial score (nSPS) is 15.1. The van der Waals surface area contributed by atoms with Gasteiger partial charge in [-0.3, -0.25) is 10.1 Å². The highest BCUT2D eigenvalue weighted by Crippen LogP contribution is 2.25. The Morgan fingerprint density at radius 3 is 2.65 bits per heavy atom. The van der Waals surface area contributed by atoms with Gasteiger partial charge in [0.15, 0.2) is 5.16 Å². The molecule has 0 bridgehead atoms. The van der Waals surface area contributed by atoms with Crippen LogP contribution >= 0.6 is 23.1 Å². The van der Waals surface area contributed by atoms with Gasteiger partial charge in [-0.15, -0.1) is 21.5 Å². The van der Waals surface area contributed by atoms with Gasteiger partial charge in [0.2, 0.25) is 5.91 Å². The zero-order valence-corrected chi connectivity index (χ0v) is 21.0. The van der Waals surface area contributed by atoms with Crippen molar-refractivity contribution < 1.29 is 9.59 Å². The lowest BCUT2D eigenvalue weighted by Crippen LogP contribution is -2.47. The maximum atomic E-state index is 12.7. The Morgan fingerprint density at radius 2 is 1.91 bits per heavy atom. The van der Waals surface area contributed by atoms with Gasteiger partial charge >= 0.3 is 6.03 Å². The van der Waals surface area contributed by atoms with Crippen LogP contribution in [0, 0.1) is 0 Å². The predicted molar refractivity (Wildman–Crippen MR) is 136 cm³/mol. The molecule has 1 aliphatic rings. The maximum Gasteiger partial charge on any atom is 0.321 e. The molecule has 1 aliphatic carbocycles. The standard InChI is InChI=1S/C25H31N5O2S2/c1-18(23(31)27-24(32)26-20-11-6-3-7-12-20)34-25-29-28-22(17-21-13-8-16-33-21)30(25)15-14-19-9-4-2-5-10-19/h2,4-5,8-10,13,16,18,20H,3,6-7,11-12,14-15,17H2,1H3,(H2,26,27,31,32). The number of amides is 3. The lowest BCUT2D eigenvalue weighted by Gasteiger charge is -2.23. The van der Waals surface area contributed by atoms with Crippen LogP contribution in [-0.2, 0) is 24.2 Å². The van der Waals surface area contributed by atoms with Crippen molar-refractivity contribution in [1.29, 1.82) is 0 Å². The second-order valence-corrected chi connectivity index (χ2v) is 10.9. The predicted octanol–water partition coefficient (Wildman–Crippen LogP) is 4.81. The van der Waals surface area contributed by atoms with Crippen molar-refractivity contribution in [1.82, 2.24) is 25.4 Å². The summed E-state index contributed by atoms with van der Waals surface area (Å²) in [4.78, 5) is 26.2. The minimum absolute atomic E-state index is 0.158. The van der Waals surface area contributed by atoms with E-state index in [4.69, 9.17) is 0 Å². The minimum Gasteiger partial charge on any atom is -0.335 e. The second-order valence-electron chi connectivity index (χ2n) is 8.60. The molecule has 1 atom stereocenters. The number of imide groups is 1. The quantitative estimate of drug-likeness (QED) is 0.414. The van der Waals surface area contributed by atoms with Crippen LogP contribution < -0.4 is 10.6 Å². The summed E-state index contributed by atoms with van der Waals surface area (Å²) in [6, 6.07) is 14.2. The number of nitrogens with one attached hydrogen (secondary N) is 2. The van der Waals surface area contributed by atoms with Gasteiger partial charge in [0.25, 0.3) is 0 Å². The van der Waals surface area contributed by atoms with Gasteiger partial charge in [0, 0.05) is 23.9 Å². The summed E-state index contributed by atoms with van der Waals surface area (Å²) in [6.45, 7) is 2.51. The number of urea groups is 1. The number of aromatic nitrogens is 3. The summed E-state index contributed by atoms with van der Waals surface area (Å²) in [5, 5.41) is 16.6. The third-order valence-electron chi connectivity index (χ3n) is 6.00. The number of hydrogen-bond acceptors (Lipinski definition) is 6. The van der Waals surface area contributed by atoms with Crippen LogP contribution in [0.2, 0.25) is 0 Å². The van der Waals surface area contributed by atoms with Crippen molar-refractivity contribution in [3.8, 4) is 0 Å². The Labute approximate surface area is 208 Å². The molecule has 1 fully saturated rings. The summed E-state index contributed by atoms with van der Waals surface area (Å²) in [5.41, 5.74) is 1.24. The first-order valence-electron chi connectivity index (χ1n) is 11.8. The van der Waals surface area contributed by atoms with Crippen molar-refractivity contribution in [2.45, 2.75) is 74.9 Å². The fourth-order valence-corrected chi connectivity index (χ4v) is 5.71. The first-order valence-corrected chi connectivity index (χ1v) is 13.6. The van der Waals surface area contributed by atoms with E-state index in [0.29, 0.717) is 11.6 Å². The number of rotatable bonds is 9. The number of aryl methyl sites for hydroxylation is 1. The van der Waals surface area contributed by atoms with Crippen LogP contribution in [0.3, 0.4) is 0 Å². The Balaban J connectivity index is 1.40. The molecular formula is C25H31N5O2S2. The Bertz CT molecular complexity index is 1060. The topological polar surface area (TPSA) is 88.9 Å². The monoisotopic (exact) mass is 497 g/mol. The van der Waals surface area contributed by atoms with E-state index in [1.54, 1.807) is 18.3 Å². The van der Waals surface area contributed by atoms with Crippen molar-refractivity contribution in [3.05, 3.63) is 64.1 Å². The molecule has 2 aromatic heterocycles. The third-order valence-corrected chi connectivity index (χ3v) is 7.96. The van der Waals surface area contributed by atoms with E-state index in [0.717, 1.165) is 44.5 Å². The molecular weight excluding hydrogens is 466 g/mol. The Morgan fingerprint density at radius 1 is 1.12 bits per heavy atom. The van der Waals surface area contributed by atoms with Crippen LogP contribution in [-0.4, -0.2) is 38.0 Å². The molecule has 7 nitrogen and oxygen atoms in total. The molecule has 9 heteroatoms. The number of carbonyl (C=O) groups is 2. The fraction of sp³-hybridized carbons (Fsp3) is 0.440. The van der Waals surface area contributed by atoms with E-state index in [-0.39, 0.29) is 11.9 Å². The molecule has 2 N–H and O–H groups in total. The highest BCUT2D eigenvalue weighted by atomic mass is 32.2. The summed E-state index contributed by atoms with van der Waals surface area (Å²) in [5.74, 6) is 0.555. The minimum atomic E-state index is -0.480. The molecule has 3 aromatic rings.